The number of aliphatic hydroxyl groups excluding tert-OH is 1. The van der Waals surface area contributed by atoms with E-state index >= 15 is 0 Å². The molecule has 0 aliphatic carbocycles. The Morgan fingerprint density at radius 2 is 1.79 bits per heavy atom. The predicted octanol–water partition coefficient (Wildman–Crippen LogP) is 3.11. The fourth-order valence-electron chi connectivity index (χ4n) is 1.34. The number of hydrogen-bond donors (Lipinski definition) is 1. The molecule has 2 unspecified atom stereocenters. The third-order valence-electron chi connectivity index (χ3n) is 2.48. The molecule has 0 saturated carbocycles. The lowest BCUT2D eigenvalue weighted by molar-refractivity contribution is 0.0416. The van der Waals surface area contributed by atoms with Crippen LogP contribution in [-0.4, -0.2) is 17.8 Å². The van der Waals surface area contributed by atoms with Crippen LogP contribution < -0.4 is 0 Å². The van der Waals surface area contributed by atoms with Gasteiger partial charge in [0.25, 0.3) is 0 Å². The molecule has 0 amide bonds. The van der Waals surface area contributed by atoms with E-state index in [1.54, 1.807) is 0 Å². The minimum atomic E-state index is -0.284. The van der Waals surface area contributed by atoms with Crippen LogP contribution in [0.15, 0.2) is 11.3 Å². The summed E-state index contributed by atoms with van der Waals surface area (Å²) in [6, 6.07) is 0. The molecule has 2 heteroatoms. The monoisotopic (exact) mass is 200 g/mol. The second kappa shape index (κ2) is 6.88. The van der Waals surface area contributed by atoms with Crippen LogP contribution in [0, 0.1) is 5.92 Å². The molecule has 2 atom stereocenters. The van der Waals surface area contributed by atoms with Gasteiger partial charge in [-0.15, -0.1) is 0 Å². The lowest BCUT2D eigenvalue weighted by Gasteiger charge is -2.29. The first-order valence-corrected chi connectivity index (χ1v) is 5.56. The third-order valence-corrected chi connectivity index (χ3v) is 2.48. The molecule has 0 saturated heterocycles. The first kappa shape index (κ1) is 13.5. The topological polar surface area (TPSA) is 29.5 Å². The largest absolute Gasteiger partial charge is 0.498 e. The van der Waals surface area contributed by atoms with Gasteiger partial charge in [-0.25, -0.2) is 0 Å². The summed E-state index contributed by atoms with van der Waals surface area (Å²) in [5.41, 5.74) is 0.989. The highest BCUT2D eigenvalue weighted by Crippen LogP contribution is 2.25. The third kappa shape index (κ3) is 3.70. The van der Waals surface area contributed by atoms with Gasteiger partial charge >= 0.3 is 0 Å². The average molecular weight is 200 g/mol. The zero-order valence-electron chi connectivity index (χ0n) is 10.1. The first-order valence-electron chi connectivity index (χ1n) is 5.56. The van der Waals surface area contributed by atoms with Crippen LogP contribution in [0.1, 0.15) is 47.5 Å². The quantitative estimate of drug-likeness (QED) is 0.704. The second-order valence-corrected chi connectivity index (χ2v) is 3.87. The number of allylic oxidation sites excluding steroid dienone is 1. The van der Waals surface area contributed by atoms with Gasteiger partial charge in [0.1, 0.15) is 0 Å². The van der Waals surface area contributed by atoms with Crippen molar-refractivity contribution in [2.45, 2.75) is 53.6 Å². The second-order valence-electron chi connectivity index (χ2n) is 3.87. The molecule has 0 bridgehead atoms. The molecular weight excluding hydrogens is 176 g/mol. The Bertz CT molecular complexity index is 185. The maximum absolute atomic E-state index is 9.67. The van der Waals surface area contributed by atoms with E-state index in [1.807, 2.05) is 13.8 Å². The van der Waals surface area contributed by atoms with E-state index in [9.17, 15) is 5.11 Å². The fraction of sp³-hybridized carbons (Fsp3) is 0.833. The SMILES string of the molecule is CCC.CCC1COC(C)=C(C)C1O. The zero-order chi connectivity index (χ0) is 11.1. The molecule has 0 radical (unpaired) electrons. The van der Waals surface area contributed by atoms with E-state index in [2.05, 4.69) is 20.8 Å². The summed E-state index contributed by atoms with van der Waals surface area (Å²) in [5.74, 6) is 1.18. The number of aliphatic hydroxyl groups is 1. The fourth-order valence-corrected chi connectivity index (χ4v) is 1.34. The lowest BCUT2D eigenvalue weighted by atomic mass is 9.92. The average Bonchev–Trinajstić information content (AvgIpc) is 2.16. The van der Waals surface area contributed by atoms with E-state index in [0.29, 0.717) is 12.5 Å². The van der Waals surface area contributed by atoms with Gasteiger partial charge in [-0.05, 0) is 25.8 Å². The maximum Gasteiger partial charge on any atom is 0.0944 e. The summed E-state index contributed by atoms with van der Waals surface area (Å²) < 4.78 is 5.38. The highest BCUT2D eigenvalue weighted by atomic mass is 16.5. The molecule has 0 aromatic heterocycles. The summed E-state index contributed by atoms with van der Waals surface area (Å²) in [6.07, 6.45) is 1.94. The van der Waals surface area contributed by atoms with Gasteiger partial charge in [-0.1, -0.05) is 27.2 Å². The van der Waals surface area contributed by atoms with Gasteiger partial charge in [0.15, 0.2) is 0 Å². The van der Waals surface area contributed by atoms with Crippen LogP contribution >= 0.6 is 0 Å². The van der Waals surface area contributed by atoms with E-state index in [-0.39, 0.29) is 6.10 Å². The standard InChI is InChI=1S/C9H16O2.C3H8/c1-4-8-5-11-7(3)6(2)9(8)10;1-3-2/h8-10H,4-5H2,1-3H3;3H2,1-2H3. The first-order chi connectivity index (χ1) is 6.58. The molecule has 1 rings (SSSR count). The van der Waals surface area contributed by atoms with E-state index < -0.39 is 0 Å². The molecular formula is C12H24O2. The van der Waals surface area contributed by atoms with Gasteiger partial charge in [-0.2, -0.15) is 0 Å². The van der Waals surface area contributed by atoms with Crippen LogP contribution in [0.5, 0.6) is 0 Å². The molecule has 2 nitrogen and oxygen atoms in total. The van der Waals surface area contributed by atoms with Crippen molar-refractivity contribution in [2.75, 3.05) is 6.61 Å². The van der Waals surface area contributed by atoms with Gasteiger partial charge in [0.05, 0.1) is 18.5 Å². The maximum atomic E-state index is 9.67. The predicted molar refractivity (Wildman–Crippen MR) is 60.1 cm³/mol. The smallest absolute Gasteiger partial charge is 0.0944 e. The summed E-state index contributed by atoms with van der Waals surface area (Å²) in [7, 11) is 0. The molecule has 0 aromatic carbocycles. The minimum Gasteiger partial charge on any atom is -0.498 e. The Morgan fingerprint density at radius 1 is 1.29 bits per heavy atom. The number of rotatable bonds is 1. The van der Waals surface area contributed by atoms with E-state index in [4.69, 9.17) is 4.74 Å². The molecule has 1 aliphatic rings. The van der Waals surface area contributed by atoms with Crippen LogP contribution in [0.4, 0.5) is 0 Å². The van der Waals surface area contributed by atoms with Crippen molar-refractivity contribution in [3.63, 3.8) is 0 Å². The molecule has 84 valence electrons. The molecule has 1 aliphatic heterocycles. The van der Waals surface area contributed by atoms with Crippen LogP contribution in [0.2, 0.25) is 0 Å². The lowest BCUT2D eigenvalue weighted by Crippen LogP contribution is -2.30. The van der Waals surface area contributed by atoms with Crippen molar-refractivity contribution < 1.29 is 9.84 Å². The molecule has 1 heterocycles. The molecule has 0 fully saturated rings. The number of hydrogen-bond acceptors (Lipinski definition) is 2. The summed E-state index contributed by atoms with van der Waals surface area (Å²) in [4.78, 5) is 0. The highest BCUT2D eigenvalue weighted by Gasteiger charge is 2.25. The summed E-state index contributed by atoms with van der Waals surface area (Å²) >= 11 is 0. The molecule has 0 spiro atoms. The van der Waals surface area contributed by atoms with Crippen LogP contribution in [-0.2, 0) is 4.74 Å². The zero-order valence-corrected chi connectivity index (χ0v) is 10.1. The van der Waals surface area contributed by atoms with Crippen LogP contribution in [0.25, 0.3) is 0 Å². The highest BCUT2D eigenvalue weighted by molar-refractivity contribution is 5.13. The Hall–Kier alpha value is -0.500. The van der Waals surface area contributed by atoms with Crippen molar-refractivity contribution in [1.82, 2.24) is 0 Å². The van der Waals surface area contributed by atoms with Gasteiger partial charge < -0.3 is 9.84 Å². The van der Waals surface area contributed by atoms with Gasteiger partial charge in [0, 0.05) is 5.92 Å². The van der Waals surface area contributed by atoms with Crippen molar-refractivity contribution in [3.05, 3.63) is 11.3 Å². The van der Waals surface area contributed by atoms with Gasteiger partial charge in [0.2, 0.25) is 0 Å². The van der Waals surface area contributed by atoms with E-state index in [1.165, 1.54) is 6.42 Å². The Morgan fingerprint density at radius 3 is 2.21 bits per heavy atom. The van der Waals surface area contributed by atoms with Gasteiger partial charge in [-0.3, -0.25) is 0 Å². The Balaban J connectivity index is 0.000000500. The molecule has 1 N–H and O–H groups in total. The van der Waals surface area contributed by atoms with Crippen LogP contribution in [0.3, 0.4) is 0 Å². The minimum absolute atomic E-state index is 0.284. The molecule has 14 heavy (non-hydrogen) atoms. The number of ether oxygens (including phenoxy) is 1. The van der Waals surface area contributed by atoms with Crippen molar-refractivity contribution in [1.29, 1.82) is 0 Å². The Labute approximate surface area is 88.0 Å². The summed E-state index contributed by atoms with van der Waals surface area (Å²) in [6.45, 7) is 10.8. The normalized spacial score (nSPS) is 26.4. The Kier molecular flexibility index (Phi) is 6.64. The van der Waals surface area contributed by atoms with Crippen molar-refractivity contribution in [2.24, 2.45) is 5.92 Å². The van der Waals surface area contributed by atoms with Crippen molar-refractivity contribution >= 4 is 0 Å². The summed E-state index contributed by atoms with van der Waals surface area (Å²) in [5, 5.41) is 9.67. The van der Waals surface area contributed by atoms with Crippen molar-refractivity contribution in [3.8, 4) is 0 Å². The molecule has 0 aromatic rings. The van der Waals surface area contributed by atoms with E-state index in [0.717, 1.165) is 17.8 Å².